The molecule has 1 amide bonds. The quantitative estimate of drug-likeness (QED) is 0.422. The Hall–Kier alpha value is -4.13. The maximum absolute atomic E-state index is 12.3. The van der Waals surface area contributed by atoms with Crippen LogP contribution >= 0.6 is 0 Å². The molecule has 3 aromatic carbocycles. The van der Waals surface area contributed by atoms with E-state index in [0.717, 1.165) is 16.9 Å². The second-order valence-corrected chi connectivity index (χ2v) is 6.92. The van der Waals surface area contributed by atoms with Gasteiger partial charge in [0, 0.05) is 12.1 Å². The van der Waals surface area contributed by atoms with Crippen LogP contribution < -0.4 is 14.8 Å². The van der Waals surface area contributed by atoms with E-state index in [2.05, 4.69) is 15.5 Å². The molecule has 1 aromatic heterocycles. The van der Waals surface area contributed by atoms with E-state index >= 15 is 0 Å². The van der Waals surface area contributed by atoms with Crippen molar-refractivity contribution >= 4 is 5.91 Å². The predicted molar refractivity (Wildman–Crippen MR) is 120 cm³/mol. The molecular weight excluding hydrogens is 406 g/mol. The Kier molecular flexibility index (Phi) is 6.77. The summed E-state index contributed by atoms with van der Waals surface area (Å²) >= 11 is 0. The van der Waals surface area contributed by atoms with Gasteiger partial charge >= 0.3 is 0 Å². The zero-order chi connectivity index (χ0) is 22.2. The Labute approximate surface area is 186 Å². The number of rotatable bonds is 9. The lowest BCUT2D eigenvalue weighted by Gasteiger charge is -2.10. The fraction of sp³-hybridized carbons (Fsp3) is 0.160. The molecule has 1 N–H and O–H groups in total. The molecule has 0 fully saturated rings. The molecule has 7 nitrogen and oxygen atoms in total. The molecule has 0 spiro atoms. The standard InChI is InChI=1S/C25H23N3O4/c1-2-30-20-14-12-18(13-15-20)16-26-23(29)17-31-22-11-7-6-10-21(22)25-28-27-24(32-25)19-8-4-3-5-9-19/h3-15H,2,16-17H2,1H3,(H,26,29). The van der Waals surface area contributed by atoms with Crippen LogP contribution in [0.15, 0.2) is 83.3 Å². The molecule has 1 heterocycles. The maximum atomic E-state index is 12.3. The summed E-state index contributed by atoms with van der Waals surface area (Å²) in [5.41, 5.74) is 2.43. The van der Waals surface area contributed by atoms with Crippen LogP contribution in [0.2, 0.25) is 0 Å². The minimum Gasteiger partial charge on any atom is -0.494 e. The Morgan fingerprint density at radius 1 is 0.875 bits per heavy atom. The molecule has 32 heavy (non-hydrogen) atoms. The van der Waals surface area contributed by atoms with Gasteiger partial charge in [-0.15, -0.1) is 10.2 Å². The Morgan fingerprint density at radius 3 is 2.38 bits per heavy atom. The van der Waals surface area contributed by atoms with E-state index in [1.54, 1.807) is 6.07 Å². The number of ether oxygens (including phenoxy) is 2. The fourth-order valence-corrected chi connectivity index (χ4v) is 3.06. The van der Waals surface area contributed by atoms with Crippen LogP contribution in [0.4, 0.5) is 0 Å². The molecule has 0 saturated carbocycles. The summed E-state index contributed by atoms with van der Waals surface area (Å²) < 4.78 is 17.0. The van der Waals surface area contributed by atoms with Gasteiger partial charge in [0.1, 0.15) is 11.5 Å². The van der Waals surface area contributed by atoms with Crippen LogP contribution in [-0.4, -0.2) is 29.3 Å². The molecule has 0 aliphatic carbocycles. The SMILES string of the molecule is CCOc1ccc(CNC(=O)COc2ccccc2-c2nnc(-c3ccccc3)o2)cc1. The summed E-state index contributed by atoms with van der Waals surface area (Å²) in [6.45, 7) is 2.83. The lowest BCUT2D eigenvalue weighted by molar-refractivity contribution is -0.123. The number of carbonyl (C=O) groups excluding carboxylic acids is 1. The molecule has 4 rings (SSSR count). The summed E-state index contributed by atoms with van der Waals surface area (Å²) in [5.74, 6) is 1.81. The van der Waals surface area contributed by atoms with Gasteiger partial charge in [0.05, 0.1) is 12.2 Å². The second kappa shape index (κ2) is 10.3. The first kappa shape index (κ1) is 21.1. The highest BCUT2D eigenvalue weighted by atomic mass is 16.5. The number of aromatic nitrogens is 2. The number of para-hydroxylation sites is 1. The van der Waals surface area contributed by atoms with Crippen LogP contribution in [0.3, 0.4) is 0 Å². The zero-order valence-electron chi connectivity index (χ0n) is 17.7. The number of nitrogens with zero attached hydrogens (tertiary/aromatic N) is 2. The third-order valence-corrected chi connectivity index (χ3v) is 4.65. The zero-order valence-corrected chi connectivity index (χ0v) is 17.7. The summed E-state index contributed by atoms with van der Waals surface area (Å²) in [6, 6.07) is 24.4. The Balaban J connectivity index is 1.36. The summed E-state index contributed by atoms with van der Waals surface area (Å²) in [5, 5.41) is 11.1. The highest BCUT2D eigenvalue weighted by Gasteiger charge is 2.15. The van der Waals surface area contributed by atoms with Crippen molar-refractivity contribution in [2.24, 2.45) is 0 Å². The summed E-state index contributed by atoms with van der Waals surface area (Å²) in [4.78, 5) is 12.3. The first-order chi connectivity index (χ1) is 15.7. The van der Waals surface area contributed by atoms with E-state index in [0.29, 0.717) is 36.2 Å². The van der Waals surface area contributed by atoms with Crippen LogP contribution in [0.1, 0.15) is 12.5 Å². The minimum absolute atomic E-state index is 0.131. The van der Waals surface area contributed by atoms with E-state index < -0.39 is 0 Å². The fourth-order valence-electron chi connectivity index (χ4n) is 3.06. The van der Waals surface area contributed by atoms with Crippen LogP contribution in [0.5, 0.6) is 11.5 Å². The summed E-state index contributed by atoms with van der Waals surface area (Å²) in [6.07, 6.45) is 0. The van der Waals surface area contributed by atoms with Crippen molar-refractivity contribution in [3.05, 3.63) is 84.4 Å². The lowest BCUT2D eigenvalue weighted by Crippen LogP contribution is -2.28. The van der Waals surface area contributed by atoms with E-state index in [-0.39, 0.29) is 12.5 Å². The molecule has 0 saturated heterocycles. The van der Waals surface area contributed by atoms with E-state index in [9.17, 15) is 4.79 Å². The van der Waals surface area contributed by atoms with E-state index in [1.165, 1.54) is 0 Å². The molecule has 7 heteroatoms. The summed E-state index contributed by atoms with van der Waals surface area (Å²) in [7, 11) is 0. The third-order valence-electron chi connectivity index (χ3n) is 4.65. The number of carbonyl (C=O) groups is 1. The van der Waals surface area contributed by atoms with Crippen molar-refractivity contribution in [3.8, 4) is 34.4 Å². The van der Waals surface area contributed by atoms with Crippen molar-refractivity contribution in [1.29, 1.82) is 0 Å². The van der Waals surface area contributed by atoms with Gasteiger partial charge in [0.25, 0.3) is 11.8 Å². The van der Waals surface area contributed by atoms with E-state index in [4.69, 9.17) is 13.9 Å². The molecule has 4 aromatic rings. The highest BCUT2D eigenvalue weighted by molar-refractivity contribution is 5.78. The second-order valence-electron chi connectivity index (χ2n) is 6.92. The molecular formula is C25H23N3O4. The number of benzene rings is 3. The monoisotopic (exact) mass is 429 g/mol. The molecule has 0 aliphatic heterocycles. The smallest absolute Gasteiger partial charge is 0.258 e. The highest BCUT2D eigenvalue weighted by Crippen LogP contribution is 2.30. The Morgan fingerprint density at radius 2 is 1.59 bits per heavy atom. The largest absolute Gasteiger partial charge is 0.494 e. The normalized spacial score (nSPS) is 10.5. The van der Waals surface area contributed by atoms with Gasteiger partial charge in [-0.3, -0.25) is 4.79 Å². The predicted octanol–water partition coefficient (Wildman–Crippen LogP) is 4.50. The van der Waals surface area contributed by atoms with Gasteiger partial charge in [-0.05, 0) is 48.9 Å². The molecule has 0 unspecified atom stereocenters. The molecule has 0 radical (unpaired) electrons. The number of hydrogen-bond donors (Lipinski definition) is 1. The molecule has 0 atom stereocenters. The molecule has 162 valence electrons. The topological polar surface area (TPSA) is 86.5 Å². The lowest BCUT2D eigenvalue weighted by atomic mass is 10.2. The van der Waals surface area contributed by atoms with Crippen molar-refractivity contribution < 1.29 is 18.7 Å². The van der Waals surface area contributed by atoms with Crippen LogP contribution in [0.25, 0.3) is 22.9 Å². The van der Waals surface area contributed by atoms with Crippen molar-refractivity contribution in [1.82, 2.24) is 15.5 Å². The first-order valence-corrected chi connectivity index (χ1v) is 10.3. The van der Waals surface area contributed by atoms with Crippen molar-refractivity contribution in [2.45, 2.75) is 13.5 Å². The van der Waals surface area contributed by atoms with Gasteiger partial charge in [0.2, 0.25) is 5.89 Å². The Bertz CT molecular complexity index is 1160. The minimum atomic E-state index is -0.232. The van der Waals surface area contributed by atoms with Gasteiger partial charge in [-0.1, -0.05) is 42.5 Å². The number of nitrogens with one attached hydrogen (secondary N) is 1. The average molecular weight is 429 g/mol. The molecule has 0 bridgehead atoms. The number of amides is 1. The molecule has 0 aliphatic rings. The van der Waals surface area contributed by atoms with Crippen LogP contribution in [-0.2, 0) is 11.3 Å². The maximum Gasteiger partial charge on any atom is 0.258 e. The van der Waals surface area contributed by atoms with Gasteiger partial charge in [0.15, 0.2) is 6.61 Å². The van der Waals surface area contributed by atoms with Gasteiger partial charge in [-0.25, -0.2) is 0 Å². The third kappa shape index (κ3) is 5.31. The number of hydrogen-bond acceptors (Lipinski definition) is 6. The van der Waals surface area contributed by atoms with Crippen molar-refractivity contribution in [3.63, 3.8) is 0 Å². The first-order valence-electron chi connectivity index (χ1n) is 10.3. The van der Waals surface area contributed by atoms with Gasteiger partial charge in [-0.2, -0.15) is 0 Å². The van der Waals surface area contributed by atoms with Gasteiger partial charge < -0.3 is 19.2 Å². The van der Waals surface area contributed by atoms with Crippen molar-refractivity contribution in [2.75, 3.05) is 13.2 Å². The van der Waals surface area contributed by atoms with Crippen LogP contribution in [0, 0.1) is 0 Å². The van der Waals surface area contributed by atoms with E-state index in [1.807, 2.05) is 79.7 Å². The average Bonchev–Trinajstić information content (AvgIpc) is 3.33.